The smallest absolute Gasteiger partial charge is 0.339 e. The zero-order valence-corrected chi connectivity index (χ0v) is 13.5. The minimum Gasteiger partial charge on any atom is -0.465 e. The third-order valence-corrected chi connectivity index (χ3v) is 3.74. The van der Waals surface area contributed by atoms with Gasteiger partial charge in [-0.05, 0) is 12.1 Å². The molecule has 126 valence electrons. The van der Waals surface area contributed by atoms with Gasteiger partial charge >= 0.3 is 5.97 Å². The average Bonchev–Trinajstić information content (AvgIpc) is 3.35. The van der Waals surface area contributed by atoms with Crippen molar-refractivity contribution in [1.82, 2.24) is 33.9 Å². The van der Waals surface area contributed by atoms with Crippen molar-refractivity contribution >= 4 is 11.6 Å². The van der Waals surface area contributed by atoms with E-state index in [1.807, 2.05) is 23.2 Å². The molecule has 0 saturated heterocycles. The molecule has 0 aliphatic heterocycles. The number of imidazole rings is 2. The first-order valence-electron chi connectivity index (χ1n) is 7.62. The molecule has 0 N–H and O–H groups in total. The van der Waals surface area contributed by atoms with Gasteiger partial charge in [0.2, 0.25) is 0 Å². The van der Waals surface area contributed by atoms with Crippen LogP contribution in [-0.4, -0.2) is 47.0 Å². The third kappa shape index (κ3) is 3.11. The number of pyridine rings is 1. The van der Waals surface area contributed by atoms with E-state index in [0.717, 1.165) is 17.0 Å². The minimum atomic E-state index is -0.377. The zero-order chi connectivity index (χ0) is 17.2. The Morgan fingerprint density at radius 1 is 1.16 bits per heavy atom. The van der Waals surface area contributed by atoms with E-state index < -0.39 is 0 Å². The molecule has 0 bridgehead atoms. The number of hydrogen-bond acceptors (Lipinski definition) is 6. The van der Waals surface area contributed by atoms with E-state index in [4.69, 9.17) is 4.74 Å². The molecule has 0 aromatic carbocycles. The number of aromatic nitrogens is 7. The lowest BCUT2D eigenvalue weighted by Crippen LogP contribution is -2.02. The normalized spacial score (nSPS) is 11.1. The molecule has 9 heteroatoms. The molecular formula is C16H15N7O2. The first-order valence-corrected chi connectivity index (χ1v) is 7.62. The van der Waals surface area contributed by atoms with E-state index in [9.17, 15) is 4.79 Å². The van der Waals surface area contributed by atoms with Gasteiger partial charge < -0.3 is 13.7 Å². The second-order valence-electron chi connectivity index (χ2n) is 5.55. The second kappa shape index (κ2) is 6.19. The Hall–Kier alpha value is -3.49. The lowest BCUT2D eigenvalue weighted by Gasteiger charge is -1.99. The maximum absolute atomic E-state index is 11.6. The second-order valence-corrected chi connectivity index (χ2v) is 5.55. The quantitative estimate of drug-likeness (QED) is 0.505. The van der Waals surface area contributed by atoms with Gasteiger partial charge in [-0.3, -0.25) is 0 Å². The summed E-state index contributed by atoms with van der Waals surface area (Å²) in [4.78, 5) is 20.1. The molecule has 4 aromatic rings. The molecular weight excluding hydrogens is 322 g/mol. The highest BCUT2D eigenvalue weighted by Crippen LogP contribution is 2.10. The first kappa shape index (κ1) is 15.1. The summed E-state index contributed by atoms with van der Waals surface area (Å²) < 4.78 is 10.2. The van der Waals surface area contributed by atoms with Crippen LogP contribution in [0.4, 0.5) is 0 Å². The highest BCUT2D eigenvalue weighted by atomic mass is 16.5. The minimum absolute atomic E-state index is 0.377. The molecule has 0 atom stereocenters. The van der Waals surface area contributed by atoms with Crippen LogP contribution < -0.4 is 0 Å². The maximum Gasteiger partial charge on any atom is 0.339 e. The van der Waals surface area contributed by atoms with Gasteiger partial charge in [0.05, 0.1) is 44.0 Å². The fourth-order valence-electron chi connectivity index (χ4n) is 2.58. The average molecular weight is 337 g/mol. The van der Waals surface area contributed by atoms with Crippen LogP contribution in [0.1, 0.15) is 21.7 Å². The third-order valence-electron chi connectivity index (χ3n) is 3.74. The summed E-state index contributed by atoms with van der Waals surface area (Å²) in [5, 5.41) is 8.29. The van der Waals surface area contributed by atoms with Crippen molar-refractivity contribution in [3.8, 4) is 0 Å². The Kier molecular flexibility index (Phi) is 3.73. The monoisotopic (exact) mass is 337 g/mol. The molecule has 0 spiro atoms. The number of carbonyl (C=O) groups is 1. The number of hydrogen-bond donors (Lipinski definition) is 0. The summed E-state index contributed by atoms with van der Waals surface area (Å²) >= 11 is 0. The molecule has 0 amide bonds. The molecule has 4 heterocycles. The van der Waals surface area contributed by atoms with E-state index in [2.05, 4.69) is 20.3 Å². The van der Waals surface area contributed by atoms with Crippen molar-refractivity contribution in [2.75, 3.05) is 7.11 Å². The van der Waals surface area contributed by atoms with Gasteiger partial charge in [0.1, 0.15) is 11.3 Å². The van der Waals surface area contributed by atoms with Crippen molar-refractivity contribution in [1.29, 1.82) is 0 Å². The van der Waals surface area contributed by atoms with Crippen LogP contribution in [0.25, 0.3) is 5.65 Å². The summed E-state index contributed by atoms with van der Waals surface area (Å²) in [6, 6.07) is 3.47. The standard InChI is InChI=1S/C16H15N7O2/c1-25-16(24)12-2-3-15-18-13(8-22(15)6-12)9-23-10-14(19-20-23)7-21-5-4-17-11-21/h2-6,8,10-11H,7,9H2,1H3. The van der Waals surface area contributed by atoms with Gasteiger partial charge in [-0.2, -0.15) is 0 Å². The van der Waals surface area contributed by atoms with Crippen molar-refractivity contribution in [2.45, 2.75) is 13.1 Å². The molecule has 4 rings (SSSR count). The number of ether oxygens (including phenoxy) is 1. The number of carbonyl (C=O) groups excluding carboxylic acids is 1. The van der Waals surface area contributed by atoms with Gasteiger partial charge in [-0.1, -0.05) is 5.21 Å². The van der Waals surface area contributed by atoms with Gasteiger partial charge in [0.15, 0.2) is 0 Å². The number of rotatable bonds is 5. The molecule has 0 aliphatic rings. The van der Waals surface area contributed by atoms with Crippen LogP contribution in [-0.2, 0) is 17.8 Å². The van der Waals surface area contributed by atoms with E-state index in [-0.39, 0.29) is 5.97 Å². The predicted molar refractivity (Wildman–Crippen MR) is 87.0 cm³/mol. The maximum atomic E-state index is 11.6. The Labute approximate surface area is 142 Å². The summed E-state index contributed by atoms with van der Waals surface area (Å²) in [6.45, 7) is 1.11. The molecule has 9 nitrogen and oxygen atoms in total. The number of esters is 1. The topological polar surface area (TPSA) is 92.1 Å². The molecule has 0 fully saturated rings. The molecule has 25 heavy (non-hydrogen) atoms. The van der Waals surface area contributed by atoms with Gasteiger partial charge in [0, 0.05) is 24.8 Å². The molecule has 4 aromatic heterocycles. The zero-order valence-electron chi connectivity index (χ0n) is 13.5. The molecule has 0 aliphatic carbocycles. The fourth-order valence-corrected chi connectivity index (χ4v) is 2.58. The number of methoxy groups -OCH3 is 1. The molecule has 0 unspecified atom stereocenters. The van der Waals surface area contributed by atoms with Crippen LogP contribution in [0, 0.1) is 0 Å². The summed E-state index contributed by atoms with van der Waals surface area (Å²) in [5.74, 6) is -0.377. The summed E-state index contributed by atoms with van der Waals surface area (Å²) in [5.41, 5.74) is 2.89. The van der Waals surface area contributed by atoms with Crippen LogP contribution >= 0.6 is 0 Å². The number of nitrogens with zero attached hydrogens (tertiary/aromatic N) is 7. The van der Waals surface area contributed by atoms with Gasteiger partial charge in [0.25, 0.3) is 0 Å². The Bertz CT molecular complexity index is 1020. The highest BCUT2D eigenvalue weighted by Gasteiger charge is 2.09. The Morgan fingerprint density at radius 3 is 2.88 bits per heavy atom. The number of fused-ring (bicyclic) bond motifs is 1. The SMILES string of the molecule is COC(=O)c1ccc2nc(Cn3cc(Cn4ccnc4)nn3)cn2c1. The van der Waals surface area contributed by atoms with Crippen molar-refractivity contribution in [3.05, 3.63) is 66.4 Å². The Balaban J connectivity index is 1.52. The predicted octanol–water partition coefficient (Wildman–Crippen LogP) is 1.01. The van der Waals surface area contributed by atoms with Crippen LogP contribution in [0.15, 0.2) is 49.4 Å². The highest BCUT2D eigenvalue weighted by molar-refractivity contribution is 5.89. The lowest BCUT2D eigenvalue weighted by atomic mass is 10.3. The van der Waals surface area contributed by atoms with Crippen LogP contribution in [0.3, 0.4) is 0 Å². The lowest BCUT2D eigenvalue weighted by molar-refractivity contribution is 0.0600. The summed E-state index contributed by atoms with van der Waals surface area (Å²) in [6.07, 6.45) is 10.8. The molecule has 0 saturated carbocycles. The van der Waals surface area contributed by atoms with Gasteiger partial charge in [-0.25, -0.2) is 19.4 Å². The van der Waals surface area contributed by atoms with Crippen LogP contribution in [0.2, 0.25) is 0 Å². The molecule has 0 radical (unpaired) electrons. The Morgan fingerprint density at radius 2 is 2.08 bits per heavy atom. The summed E-state index contributed by atoms with van der Waals surface area (Å²) in [7, 11) is 1.36. The van der Waals surface area contributed by atoms with Gasteiger partial charge in [-0.15, -0.1) is 5.10 Å². The first-order chi connectivity index (χ1) is 12.2. The van der Waals surface area contributed by atoms with E-state index in [0.29, 0.717) is 18.7 Å². The van der Waals surface area contributed by atoms with Crippen LogP contribution in [0.5, 0.6) is 0 Å². The van der Waals surface area contributed by atoms with E-state index in [1.54, 1.807) is 39.9 Å². The largest absolute Gasteiger partial charge is 0.465 e. The van der Waals surface area contributed by atoms with E-state index in [1.165, 1.54) is 7.11 Å². The van der Waals surface area contributed by atoms with Crippen molar-refractivity contribution < 1.29 is 9.53 Å². The van der Waals surface area contributed by atoms with Crippen molar-refractivity contribution in [3.63, 3.8) is 0 Å². The van der Waals surface area contributed by atoms with E-state index >= 15 is 0 Å². The fraction of sp³-hybridized carbons (Fsp3) is 0.188. The van der Waals surface area contributed by atoms with Crippen molar-refractivity contribution in [2.24, 2.45) is 0 Å².